The fraction of sp³-hybridized carbons (Fsp3) is 0.300. The van der Waals surface area contributed by atoms with Gasteiger partial charge in [-0.1, -0.05) is 0 Å². The predicted octanol–water partition coefficient (Wildman–Crippen LogP) is 2.78. The van der Waals surface area contributed by atoms with Gasteiger partial charge in [0.15, 0.2) is 10.1 Å². The van der Waals surface area contributed by atoms with Crippen LogP contribution in [0.3, 0.4) is 0 Å². The quantitative estimate of drug-likeness (QED) is 0.895. The van der Waals surface area contributed by atoms with Crippen molar-refractivity contribution in [3.05, 3.63) is 26.7 Å². The number of aryl methyl sites for hydroxylation is 3. The molecule has 84 valence electrons. The number of aromatic nitrogens is 2. The minimum absolute atomic E-state index is 0.185. The van der Waals surface area contributed by atoms with Crippen LogP contribution in [0.5, 0.6) is 0 Å². The Labute approximate surface area is 101 Å². The number of amides is 1. The number of nitrogens with zero attached hydrogens (tertiary/aromatic N) is 2. The lowest BCUT2D eigenvalue weighted by Gasteiger charge is -1.96. The Hall–Kier alpha value is -1.27. The Morgan fingerprint density at radius 3 is 2.56 bits per heavy atom. The summed E-state index contributed by atoms with van der Waals surface area (Å²) in [4.78, 5) is 21.2. The number of carbonyl (C=O) groups excluding carboxylic acids is 1. The molecule has 0 bridgehead atoms. The first-order chi connectivity index (χ1) is 7.56. The van der Waals surface area contributed by atoms with E-state index in [1.54, 1.807) is 0 Å². The zero-order chi connectivity index (χ0) is 11.7. The summed E-state index contributed by atoms with van der Waals surface area (Å²) in [6.45, 7) is 5.75. The smallest absolute Gasteiger partial charge is 0.286 e. The van der Waals surface area contributed by atoms with E-state index in [2.05, 4.69) is 15.3 Å². The predicted molar refractivity (Wildman–Crippen MR) is 66.4 cm³/mol. The van der Waals surface area contributed by atoms with Gasteiger partial charge in [0.1, 0.15) is 0 Å². The van der Waals surface area contributed by atoms with Gasteiger partial charge in [0, 0.05) is 10.3 Å². The molecular formula is C10H11N3OS2. The molecule has 2 heterocycles. The number of carbonyl (C=O) groups is 1. The number of thiazole rings is 2. The van der Waals surface area contributed by atoms with Gasteiger partial charge >= 0.3 is 0 Å². The lowest BCUT2D eigenvalue weighted by molar-refractivity contribution is 0.102. The first-order valence-electron chi connectivity index (χ1n) is 4.74. The van der Waals surface area contributed by atoms with Crippen molar-refractivity contribution in [3.8, 4) is 0 Å². The summed E-state index contributed by atoms with van der Waals surface area (Å²) in [7, 11) is 0. The molecule has 0 aliphatic carbocycles. The van der Waals surface area contributed by atoms with Crippen molar-refractivity contribution in [1.82, 2.24) is 9.97 Å². The van der Waals surface area contributed by atoms with E-state index < -0.39 is 0 Å². The van der Waals surface area contributed by atoms with Crippen molar-refractivity contribution in [2.45, 2.75) is 20.8 Å². The molecule has 0 unspecified atom stereocenters. The topological polar surface area (TPSA) is 54.9 Å². The molecule has 0 radical (unpaired) electrons. The lowest BCUT2D eigenvalue weighted by atomic mass is 10.4. The summed E-state index contributed by atoms with van der Waals surface area (Å²) in [6.07, 6.45) is 0. The molecule has 2 aromatic rings. The lowest BCUT2D eigenvalue weighted by Crippen LogP contribution is -2.11. The monoisotopic (exact) mass is 253 g/mol. The number of rotatable bonds is 2. The second kappa shape index (κ2) is 4.31. The van der Waals surface area contributed by atoms with E-state index in [9.17, 15) is 4.79 Å². The number of hydrogen-bond acceptors (Lipinski definition) is 5. The standard InChI is InChI=1S/C10H11N3OS2/c1-5-4-15-10(11-5)13-8(14)9-12-6(2)7(3)16-9/h4H,1-3H3,(H,11,13,14). The van der Waals surface area contributed by atoms with Crippen molar-refractivity contribution >= 4 is 33.7 Å². The first kappa shape index (κ1) is 11.2. The third-order valence-electron chi connectivity index (χ3n) is 2.06. The second-order valence-corrected chi connectivity index (χ2v) is 5.47. The van der Waals surface area contributed by atoms with Gasteiger partial charge in [-0.2, -0.15) is 0 Å². The number of hydrogen-bond donors (Lipinski definition) is 1. The number of nitrogens with one attached hydrogen (secondary N) is 1. The van der Waals surface area contributed by atoms with Crippen LogP contribution >= 0.6 is 22.7 Å². The summed E-state index contributed by atoms with van der Waals surface area (Å²) in [5, 5.41) is 5.74. The molecule has 4 nitrogen and oxygen atoms in total. The Morgan fingerprint density at radius 2 is 2.06 bits per heavy atom. The summed E-state index contributed by atoms with van der Waals surface area (Å²) in [6, 6.07) is 0. The van der Waals surface area contributed by atoms with Gasteiger partial charge in [-0.25, -0.2) is 9.97 Å². The fourth-order valence-corrected chi connectivity index (χ4v) is 2.62. The van der Waals surface area contributed by atoms with Crippen molar-refractivity contribution in [2.24, 2.45) is 0 Å². The average molecular weight is 253 g/mol. The van der Waals surface area contributed by atoms with Gasteiger partial charge in [-0.15, -0.1) is 22.7 Å². The highest BCUT2D eigenvalue weighted by Crippen LogP contribution is 2.19. The minimum Gasteiger partial charge on any atom is -0.296 e. The van der Waals surface area contributed by atoms with Crippen molar-refractivity contribution < 1.29 is 4.79 Å². The van der Waals surface area contributed by atoms with E-state index in [4.69, 9.17) is 0 Å². The molecule has 0 spiro atoms. The SMILES string of the molecule is Cc1csc(NC(=O)c2nc(C)c(C)s2)n1. The molecule has 6 heteroatoms. The Balaban J connectivity index is 2.14. The van der Waals surface area contributed by atoms with Gasteiger partial charge in [0.2, 0.25) is 0 Å². The summed E-state index contributed by atoms with van der Waals surface area (Å²) >= 11 is 2.82. The van der Waals surface area contributed by atoms with Crippen LogP contribution < -0.4 is 5.32 Å². The van der Waals surface area contributed by atoms with Crippen LogP contribution in [0.2, 0.25) is 0 Å². The van der Waals surface area contributed by atoms with Crippen LogP contribution in [-0.2, 0) is 0 Å². The van der Waals surface area contributed by atoms with E-state index in [1.165, 1.54) is 22.7 Å². The van der Waals surface area contributed by atoms with Crippen molar-refractivity contribution in [2.75, 3.05) is 5.32 Å². The van der Waals surface area contributed by atoms with E-state index in [0.29, 0.717) is 10.1 Å². The Bertz CT molecular complexity index is 510. The van der Waals surface area contributed by atoms with Gasteiger partial charge in [-0.3, -0.25) is 10.1 Å². The molecule has 0 aliphatic rings. The molecule has 1 N–H and O–H groups in total. The highest BCUT2D eigenvalue weighted by molar-refractivity contribution is 7.15. The van der Waals surface area contributed by atoms with Crippen LogP contribution in [0.1, 0.15) is 26.1 Å². The molecule has 0 aromatic carbocycles. The number of anilines is 1. The highest BCUT2D eigenvalue weighted by Gasteiger charge is 2.13. The second-order valence-electron chi connectivity index (χ2n) is 3.41. The molecule has 0 atom stereocenters. The van der Waals surface area contributed by atoms with Crippen molar-refractivity contribution in [1.29, 1.82) is 0 Å². The fourth-order valence-electron chi connectivity index (χ4n) is 1.13. The summed E-state index contributed by atoms with van der Waals surface area (Å²) in [5.74, 6) is -0.185. The van der Waals surface area contributed by atoms with Crippen molar-refractivity contribution in [3.63, 3.8) is 0 Å². The zero-order valence-electron chi connectivity index (χ0n) is 9.20. The van der Waals surface area contributed by atoms with Crippen LogP contribution in [0.15, 0.2) is 5.38 Å². The van der Waals surface area contributed by atoms with Gasteiger partial charge in [0.05, 0.1) is 11.4 Å². The van der Waals surface area contributed by atoms with Crippen LogP contribution in [-0.4, -0.2) is 15.9 Å². The molecule has 2 aromatic heterocycles. The zero-order valence-corrected chi connectivity index (χ0v) is 10.8. The molecule has 0 aliphatic heterocycles. The maximum atomic E-state index is 11.8. The van der Waals surface area contributed by atoms with E-state index in [1.807, 2.05) is 26.2 Å². The first-order valence-corrected chi connectivity index (χ1v) is 6.43. The summed E-state index contributed by atoms with van der Waals surface area (Å²) in [5.41, 5.74) is 1.82. The molecule has 0 saturated carbocycles. The van der Waals surface area contributed by atoms with Gasteiger partial charge in [0.25, 0.3) is 5.91 Å². The molecular weight excluding hydrogens is 242 g/mol. The van der Waals surface area contributed by atoms with E-state index >= 15 is 0 Å². The normalized spacial score (nSPS) is 10.4. The molecule has 16 heavy (non-hydrogen) atoms. The maximum Gasteiger partial charge on any atom is 0.286 e. The van der Waals surface area contributed by atoms with E-state index in [-0.39, 0.29) is 5.91 Å². The van der Waals surface area contributed by atoms with Gasteiger partial charge in [-0.05, 0) is 20.8 Å². The maximum absolute atomic E-state index is 11.8. The minimum atomic E-state index is -0.185. The van der Waals surface area contributed by atoms with E-state index in [0.717, 1.165) is 16.3 Å². The molecule has 0 fully saturated rings. The Kier molecular flexibility index (Phi) is 3.02. The molecule has 2 rings (SSSR count). The third-order valence-corrected chi connectivity index (χ3v) is 4.01. The molecule has 0 saturated heterocycles. The third kappa shape index (κ3) is 2.28. The van der Waals surface area contributed by atoms with Gasteiger partial charge < -0.3 is 0 Å². The van der Waals surface area contributed by atoms with Crippen LogP contribution in [0.25, 0.3) is 0 Å². The Morgan fingerprint density at radius 1 is 1.31 bits per heavy atom. The highest BCUT2D eigenvalue weighted by atomic mass is 32.1. The largest absolute Gasteiger partial charge is 0.296 e. The van der Waals surface area contributed by atoms with Crippen LogP contribution in [0.4, 0.5) is 5.13 Å². The average Bonchev–Trinajstić information content (AvgIpc) is 2.75. The van der Waals surface area contributed by atoms with Crippen LogP contribution in [0, 0.1) is 20.8 Å². The summed E-state index contributed by atoms with van der Waals surface area (Å²) < 4.78 is 0. The molecule has 1 amide bonds.